The summed E-state index contributed by atoms with van der Waals surface area (Å²) >= 11 is 1.52. The molecule has 0 unspecified atom stereocenters. The monoisotopic (exact) mass is 591 g/mol. The van der Waals surface area contributed by atoms with Crippen LogP contribution in [0, 0.1) is 0 Å². The molecule has 42 heavy (non-hydrogen) atoms. The predicted octanol–water partition coefficient (Wildman–Crippen LogP) is 6.33. The number of fused-ring (bicyclic) bond motifs is 1. The molecule has 0 aliphatic carbocycles. The lowest BCUT2D eigenvalue weighted by atomic mass is 10.0. The third kappa shape index (κ3) is 5.47. The topological polar surface area (TPSA) is 88.0 Å². The zero-order valence-corrected chi connectivity index (χ0v) is 23.8. The lowest BCUT2D eigenvalue weighted by Crippen LogP contribution is -2.44. The second-order valence-electron chi connectivity index (χ2n) is 10.3. The molecule has 2 N–H and O–H groups in total. The molecule has 12 heteroatoms. The minimum absolute atomic E-state index is 0.0970. The summed E-state index contributed by atoms with van der Waals surface area (Å²) in [6, 6.07) is 13.3. The first-order valence-corrected chi connectivity index (χ1v) is 14.5. The molecule has 216 valence electrons. The van der Waals surface area contributed by atoms with E-state index >= 15 is 0 Å². The molecule has 0 saturated carbocycles. The Morgan fingerprint density at radius 1 is 1.00 bits per heavy atom. The molecule has 0 bridgehead atoms. The van der Waals surface area contributed by atoms with Crippen LogP contribution >= 0.6 is 11.3 Å². The molecule has 5 aromatic rings. The average Bonchev–Trinajstić information content (AvgIpc) is 3.52. The number of thiazole rings is 1. The lowest BCUT2D eigenvalue weighted by molar-refractivity contribution is -0.137. The van der Waals surface area contributed by atoms with E-state index in [1.807, 2.05) is 43.5 Å². The summed E-state index contributed by atoms with van der Waals surface area (Å²) in [6.07, 6.45) is -2.95. The van der Waals surface area contributed by atoms with Gasteiger partial charge in [-0.25, -0.2) is 9.97 Å². The van der Waals surface area contributed by atoms with Crippen molar-refractivity contribution in [2.75, 3.05) is 36.4 Å². The van der Waals surface area contributed by atoms with Crippen LogP contribution in [0.3, 0.4) is 0 Å². The fraction of sp³-hybridized carbons (Fsp3) is 0.267. The highest BCUT2D eigenvalue weighted by Gasteiger charge is 2.35. The molecule has 1 aliphatic heterocycles. The SMILES string of the molecule is CC(C)n1c(=O)c(-c2ccc(-c3cscn3)cc2)cc2cnc(Nc3ccc(N4CCNCC4)c(C(F)(F)F)c3)nc21. The van der Waals surface area contributed by atoms with Crippen molar-refractivity contribution in [3.63, 3.8) is 0 Å². The van der Waals surface area contributed by atoms with Gasteiger partial charge in [-0.1, -0.05) is 24.3 Å². The molecule has 0 spiro atoms. The fourth-order valence-electron chi connectivity index (χ4n) is 5.19. The first-order chi connectivity index (χ1) is 20.2. The van der Waals surface area contributed by atoms with Crippen molar-refractivity contribution in [3.05, 3.63) is 81.5 Å². The van der Waals surface area contributed by atoms with Crippen LogP contribution in [-0.4, -0.2) is 45.7 Å². The first kappa shape index (κ1) is 27.9. The summed E-state index contributed by atoms with van der Waals surface area (Å²) < 4.78 is 43.7. The minimum Gasteiger partial charge on any atom is -0.368 e. The van der Waals surface area contributed by atoms with Gasteiger partial charge in [-0.05, 0) is 43.7 Å². The molecule has 1 saturated heterocycles. The van der Waals surface area contributed by atoms with Crippen LogP contribution in [0.15, 0.2) is 70.4 Å². The second-order valence-corrected chi connectivity index (χ2v) is 11.1. The number of anilines is 3. The van der Waals surface area contributed by atoms with E-state index in [1.54, 1.807) is 33.3 Å². The Bertz CT molecular complexity index is 1780. The number of hydrogen-bond acceptors (Lipinski definition) is 8. The number of pyridine rings is 1. The summed E-state index contributed by atoms with van der Waals surface area (Å²) in [7, 11) is 0. The third-order valence-electron chi connectivity index (χ3n) is 7.23. The van der Waals surface area contributed by atoms with Crippen molar-refractivity contribution in [2.45, 2.75) is 26.1 Å². The van der Waals surface area contributed by atoms with Crippen molar-refractivity contribution >= 4 is 39.7 Å². The van der Waals surface area contributed by atoms with Gasteiger partial charge in [0.2, 0.25) is 5.95 Å². The molecule has 3 aromatic heterocycles. The number of piperazine rings is 1. The van der Waals surface area contributed by atoms with Gasteiger partial charge in [0.15, 0.2) is 0 Å². The zero-order chi connectivity index (χ0) is 29.4. The number of aromatic nitrogens is 4. The van der Waals surface area contributed by atoms with E-state index in [4.69, 9.17) is 0 Å². The van der Waals surface area contributed by atoms with Crippen LogP contribution in [-0.2, 0) is 6.18 Å². The Labute approximate surface area is 243 Å². The van der Waals surface area contributed by atoms with Crippen molar-refractivity contribution in [1.29, 1.82) is 0 Å². The van der Waals surface area contributed by atoms with Gasteiger partial charge in [0, 0.05) is 71.7 Å². The fourth-order valence-corrected chi connectivity index (χ4v) is 5.75. The molecular formula is C30H28F3N7OS. The quantitative estimate of drug-likeness (QED) is 0.238. The Morgan fingerprint density at radius 2 is 1.74 bits per heavy atom. The van der Waals surface area contributed by atoms with Crippen molar-refractivity contribution in [2.24, 2.45) is 0 Å². The molecule has 1 fully saturated rings. The molecule has 0 amide bonds. The van der Waals surface area contributed by atoms with E-state index < -0.39 is 11.7 Å². The van der Waals surface area contributed by atoms with Crippen LogP contribution in [0.1, 0.15) is 25.5 Å². The molecule has 1 aliphatic rings. The van der Waals surface area contributed by atoms with Crippen LogP contribution in [0.25, 0.3) is 33.4 Å². The van der Waals surface area contributed by atoms with Gasteiger partial charge < -0.3 is 15.5 Å². The molecule has 8 nitrogen and oxygen atoms in total. The number of benzene rings is 2. The molecule has 0 atom stereocenters. The molecule has 4 heterocycles. The zero-order valence-electron chi connectivity index (χ0n) is 22.9. The summed E-state index contributed by atoms with van der Waals surface area (Å²) in [5.41, 5.74) is 4.66. The van der Waals surface area contributed by atoms with E-state index in [1.165, 1.54) is 17.4 Å². The minimum atomic E-state index is -4.53. The molecular weight excluding hydrogens is 563 g/mol. The lowest BCUT2D eigenvalue weighted by Gasteiger charge is -2.31. The van der Waals surface area contributed by atoms with E-state index in [0.717, 1.165) is 22.9 Å². The summed E-state index contributed by atoms with van der Waals surface area (Å²) in [4.78, 5) is 28.7. The third-order valence-corrected chi connectivity index (χ3v) is 7.82. The van der Waals surface area contributed by atoms with E-state index in [-0.39, 0.29) is 28.9 Å². The van der Waals surface area contributed by atoms with Crippen LogP contribution in [0.2, 0.25) is 0 Å². The number of alkyl halides is 3. The summed E-state index contributed by atoms with van der Waals surface area (Å²) in [5.74, 6) is 0.0970. The molecule has 2 aromatic carbocycles. The number of nitrogens with zero attached hydrogens (tertiary/aromatic N) is 5. The van der Waals surface area contributed by atoms with Crippen molar-refractivity contribution < 1.29 is 13.2 Å². The largest absolute Gasteiger partial charge is 0.418 e. The van der Waals surface area contributed by atoms with Gasteiger partial charge in [0.1, 0.15) is 5.65 Å². The second kappa shape index (κ2) is 11.2. The number of nitrogens with one attached hydrogen (secondary N) is 2. The normalized spacial score (nSPS) is 14.1. The smallest absolute Gasteiger partial charge is 0.368 e. The maximum atomic E-state index is 14.0. The molecule has 0 radical (unpaired) electrons. The van der Waals surface area contributed by atoms with E-state index in [2.05, 4.69) is 25.6 Å². The average molecular weight is 592 g/mol. The maximum absolute atomic E-state index is 14.0. The van der Waals surface area contributed by atoms with Gasteiger partial charge in [-0.15, -0.1) is 11.3 Å². The van der Waals surface area contributed by atoms with Crippen LogP contribution < -0.4 is 21.1 Å². The molecule has 6 rings (SSSR count). The van der Waals surface area contributed by atoms with Crippen molar-refractivity contribution in [1.82, 2.24) is 24.8 Å². The number of halogens is 3. The Morgan fingerprint density at radius 3 is 2.40 bits per heavy atom. The highest BCUT2D eigenvalue weighted by atomic mass is 32.1. The van der Waals surface area contributed by atoms with Gasteiger partial charge in [-0.3, -0.25) is 9.36 Å². The highest BCUT2D eigenvalue weighted by Crippen LogP contribution is 2.39. The van der Waals surface area contributed by atoms with E-state index in [9.17, 15) is 18.0 Å². The highest BCUT2D eigenvalue weighted by molar-refractivity contribution is 7.07. The Kier molecular flexibility index (Phi) is 7.42. The van der Waals surface area contributed by atoms with E-state index in [0.29, 0.717) is 42.8 Å². The summed E-state index contributed by atoms with van der Waals surface area (Å²) in [6.45, 7) is 6.01. The van der Waals surface area contributed by atoms with Gasteiger partial charge >= 0.3 is 6.18 Å². The number of rotatable bonds is 6. The standard InChI is InChI=1S/C30H28F3N7OS/c1-18(2)40-27-21(13-23(28(40)41)19-3-5-20(6-4-19)25-16-42-17-36-25)15-35-29(38-27)37-22-7-8-26(24(14-22)30(31,32)33)39-11-9-34-10-12-39/h3-8,13-18,34H,9-12H2,1-2H3,(H,35,37,38). The first-order valence-electron chi connectivity index (χ1n) is 13.5. The van der Waals surface area contributed by atoms with Crippen molar-refractivity contribution in [3.8, 4) is 22.4 Å². The van der Waals surface area contributed by atoms with Gasteiger partial charge in [-0.2, -0.15) is 18.2 Å². The number of hydrogen-bond donors (Lipinski definition) is 2. The van der Waals surface area contributed by atoms with Crippen LogP contribution in [0.4, 0.5) is 30.5 Å². The summed E-state index contributed by atoms with van der Waals surface area (Å²) in [5, 5.41) is 8.68. The predicted molar refractivity (Wildman–Crippen MR) is 161 cm³/mol. The Hall–Kier alpha value is -4.29. The van der Waals surface area contributed by atoms with Gasteiger partial charge in [0.25, 0.3) is 5.56 Å². The Balaban J connectivity index is 1.35. The van der Waals surface area contributed by atoms with Gasteiger partial charge in [0.05, 0.1) is 16.8 Å². The van der Waals surface area contributed by atoms with Crippen LogP contribution in [0.5, 0.6) is 0 Å². The maximum Gasteiger partial charge on any atom is 0.418 e.